The number of fused-ring (bicyclic) bond motifs is 1. The van der Waals surface area contributed by atoms with Crippen molar-refractivity contribution < 1.29 is 52.1 Å². The number of ether oxygens (including phenoxy) is 11. The number of hydrogen-bond acceptors (Lipinski definition) is 11. The van der Waals surface area contributed by atoms with Crippen molar-refractivity contribution in [1.82, 2.24) is 0 Å². The molecule has 8 saturated heterocycles. The highest BCUT2D eigenvalue weighted by Crippen LogP contribution is 2.26. The Hall–Kier alpha value is -0.440. The minimum atomic E-state index is -0.0312. The maximum Gasteiger partial charge on any atom is 0.146 e. The minimum Gasteiger partial charge on any atom is -0.381 e. The van der Waals surface area contributed by atoms with Crippen molar-refractivity contribution >= 4 is 0 Å². The molecule has 0 unspecified atom stereocenters. The molecule has 0 radical (unpaired) electrons. The fourth-order valence-electron chi connectivity index (χ4n) is 4.61. The quantitative estimate of drug-likeness (QED) is 0.424. The molecule has 0 aromatic rings. The Balaban J connectivity index is 0.000000137. The molecule has 0 aliphatic carbocycles. The van der Waals surface area contributed by atoms with Crippen molar-refractivity contribution in [2.45, 2.75) is 63.6 Å². The zero-order valence-corrected chi connectivity index (χ0v) is 24.5. The Morgan fingerprint density at radius 3 is 0.950 bits per heavy atom. The number of rotatable bonds is 0. The maximum atomic E-state index is 5.35. The van der Waals surface area contributed by atoms with Gasteiger partial charge in [-0.2, -0.15) is 0 Å². The van der Waals surface area contributed by atoms with E-state index in [1.807, 2.05) is 0 Å². The molecule has 0 aromatic carbocycles. The fourth-order valence-corrected chi connectivity index (χ4v) is 4.61. The van der Waals surface area contributed by atoms with Gasteiger partial charge in [0, 0.05) is 52.9 Å². The minimum absolute atomic E-state index is 0.0312. The molecule has 0 amide bonds. The van der Waals surface area contributed by atoms with Crippen LogP contribution in [0.5, 0.6) is 0 Å². The van der Waals surface area contributed by atoms with E-state index in [2.05, 4.69) is 0 Å². The van der Waals surface area contributed by atoms with Crippen LogP contribution in [0.2, 0.25) is 0 Å². The second kappa shape index (κ2) is 23.1. The molecule has 8 rings (SSSR count). The van der Waals surface area contributed by atoms with Gasteiger partial charge >= 0.3 is 0 Å². The summed E-state index contributed by atoms with van der Waals surface area (Å²) in [7, 11) is 0. The summed E-state index contributed by atoms with van der Waals surface area (Å²) in [5.41, 5.74) is -0.0312. The molecule has 1 spiro atoms. The summed E-state index contributed by atoms with van der Waals surface area (Å²) < 4.78 is 56.1. The highest BCUT2D eigenvalue weighted by Gasteiger charge is 2.37. The first-order valence-corrected chi connectivity index (χ1v) is 15.3. The van der Waals surface area contributed by atoms with Crippen LogP contribution in [0.25, 0.3) is 0 Å². The molecule has 8 aliphatic heterocycles. The van der Waals surface area contributed by atoms with Crippen molar-refractivity contribution in [2.24, 2.45) is 5.41 Å². The molecule has 8 fully saturated rings. The van der Waals surface area contributed by atoms with E-state index in [9.17, 15) is 0 Å². The molecule has 0 aromatic heterocycles. The third-order valence-corrected chi connectivity index (χ3v) is 7.08. The lowest BCUT2D eigenvalue weighted by atomic mass is 9.91. The normalized spacial score (nSPS) is 30.0. The maximum absolute atomic E-state index is 5.35. The second-order valence-corrected chi connectivity index (χ2v) is 10.7. The molecule has 2 atom stereocenters. The standard InChI is InChI=1S/C7H12O4.C6H10O2.C5H10O.C4H8O2.C4H8O.C3H6O/c1-7(2-9-5-8-1)3-10-6-11-4-7;1-3-7-6-2-4-8-5(1)6;1-2-4-6-5-3-1;1-2-6-4-3-5-1;1-2-4-5-3-1;1-2-4-3-1/h1-6H2;5-6H,1-4H2;1-5H2;1-4H2;1-4H2;1-3H2/t;5-,6-;;;;/m.0..../s1. The third kappa shape index (κ3) is 15.7. The zero-order chi connectivity index (χ0) is 27.8. The van der Waals surface area contributed by atoms with Crippen molar-refractivity contribution in [1.29, 1.82) is 0 Å². The van der Waals surface area contributed by atoms with Gasteiger partial charge in [0.05, 0.1) is 70.5 Å². The first kappa shape index (κ1) is 34.1. The predicted octanol–water partition coefficient (Wildman–Crippen LogP) is 2.97. The predicted molar refractivity (Wildman–Crippen MR) is 146 cm³/mol. The Morgan fingerprint density at radius 2 is 0.675 bits per heavy atom. The van der Waals surface area contributed by atoms with Crippen molar-refractivity contribution in [3.05, 3.63) is 0 Å². The van der Waals surface area contributed by atoms with Crippen LogP contribution in [0, 0.1) is 5.41 Å². The third-order valence-electron chi connectivity index (χ3n) is 7.08. The van der Waals surface area contributed by atoms with Crippen LogP contribution < -0.4 is 0 Å². The molecular weight excluding hydrogens is 524 g/mol. The van der Waals surface area contributed by atoms with Gasteiger partial charge in [0.15, 0.2) is 0 Å². The van der Waals surface area contributed by atoms with Crippen molar-refractivity contribution in [2.75, 3.05) is 119 Å². The highest BCUT2D eigenvalue weighted by atomic mass is 16.7. The molecular formula is C29H54O11. The monoisotopic (exact) mass is 578 g/mol. The first-order valence-electron chi connectivity index (χ1n) is 15.3. The van der Waals surface area contributed by atoms with E-state index < -0.39 is 0 Å². The van der Waals surface area contributed by atoms with Gasteiger partial charge in [0.2, 0.25) is 0 Å². The fraction of sp³-hybridized carbons (Fsp3) is 1.00. The van der Waals surface area contributed by atoms with Gasteiger partial charge in [-0.05, 0) is 51.4 Å². The second-order valence-electron chi connectivity index (χ2n) is 10.7. The molecule has 8 aliphatic rings. The molecule has 8 heterocycles. The van der Waals surface area contributed by atoms with Crippen LogP contribution in [0.15, 0.2) is 0 Å². The summed E-state index contributed by atoms with van der Waals surface area (Å²) >= 11 is 0. The largest absolute Gasteiger partial charge is 0.381 e. The average Bonchev–Trinajstić information content (AvgIpc) is 3.78. The summed E-state index contributed by atoms with van der Waals surface area (Å²) in [5, 5.41) is 0. The summed E-state index contributed by atoms with van der Waals surface area (Å²) in [4.78, 5) is 0. The molecule has 0 saturated carbocycles. The van der Waals surface area contributed by atoms with Crippen LogP contribution >= 0.6 is 0 Å². The molecule has 0 N–H and O–H groups in total. The van der Waals surface area contributed by atoms with Gasteiger partial charge in [0.25, 0.3) is 0 Å². The van der Waals surface area contributed by atoms with E-state index in [-0.39, 0.29) is 5.41 Å². The van der Waals surface area contributed by atoms with Gasteiger partial charge in [-0.3, -0.25) is 0 Å². The smallest absolute Gasteiger partial charge is 0.146 e. The van der Waals surface area contributed by atoms with Gasteiger partial charge in [-0.1, -0.05) is 0 Å². The molecule has 236 valence electrons. The SMILES string of the molecule is C1CCOC1.C1CCOCC1.C1COC1.C1COCCO1.C1C[C@@H]2OCC[C@@H]2O1.C1OCC2(CO1)COCOC2. The topological polar surface area (TPSA) is 102 Å². The summed E-state index contributed by atoms with van der Waals surface area (Å²) in [6.45, 7) is 14.5. The molecule has 40 heavy (non-hydrogen) atoms. The van der Waals surface area contributed by atoms with Gasteiger partial charge in [0.1, 0.15) is 13.6 Å². The van der Waals surface area contributed by atoms with Crippen LogP contribution in [0.1, 0.15) is 51.4 Å². The van der Waals surface area contributed by atoms with E-state index >= 15 is 0 Å². The van der Waals surface area contributed by atoms with Crippen LogP contribution in [0.4, 0.5) is 0 Å². The summed E-state index contributed by atoms with van der Waals surface area (Å²) in [6.07, 6.45) is 10.9. The zero-order valence-electron chi connectivity index (χ0n) is 24.5. The Bertz CT molecular complexity index is 468. The lowest BCUT2D eigenvalue weighted by Gasteiger charge is -2.38. The van der Waals surface area contributed by atoms with Crippen LogP contribution in [-0.2, 0) is 52.1 Å². The molecule has 11 heteroatoms. The Kier molecular flexibility index (Phi) is 19.6. The van der Waals surface area contributed by atoms with Crippen molar-refractivity contribution in [3.8, 4) is 0 Å². The summed E-state index contributed by atoms with van der Waals surface area (Å²) in [6, 6.07) is 0. The van der Waals surface area contributed by atoms with Gasteiger partial charge < -0.3 is 52.1 Å². The van der Waals surface area contributed by atoms with E-state index in [0.29, 0.717) is 52.2 Å². The Labute approximate surface area is 240 Å². The van der Waals surface area contributed by atoms with Gasteiger partial charge in [-0.15, -0.1) is 0 Å². The molecule has 0 bridgehead atoms. The van der Waals surface area contributed by atoms with Crippen LogP contribution in [-0.4, -0.2) is 132 Å². The van der Waals surface area contributed by atoms with E-state index in [1.54, 1.807) is 0 Å². The average molecular weight is 579 g/mol. The van der Waals surface area contributed by atoms with Crippen molar-refractivity contribution in [3.63, 3.8) is 0 Å². The Morgan fingerprint density at radius 1 is 0.325 bits per heavy atom. The van der Waals surface area contributed by atoms with E-state index in [0.717, 1.165) is 92.1 Å². The molecule has 11 nitrogen and oxygen atoms in total. The van der Waals surface area contributed by atoms with E-state index in [1.165, 1.54) is 38.5 Å². The van der Waals surface area contributed by atoms with Crippen LogP contribution in [0.3, 0.4) is 0 Å². The lowest BCUT2D eigenvalue weighted by molar-refractivity contribution is -0.245. The van der Waals surface area contributed by atoms with E-state index in [4.69, 9.17) is 52.1 Å². The number of hydrogen-bond donors (Lipinski definition) is 0. The first-order chi connectivity index (χ1) is 19.9. The lowest BCUT2D eigenvalue weighted by Crippen LogP contribution is -2.47. The summed E-state index contributed by atoms with van der Waals surface area (Å²) in [5.74, 6) is 0. The van der Waals surface area contributed by atoms with Gasteiger partial charge in [-0.25, -0.2) is 0 Å². The highest BCUT2D eigenvalue weighted by molar-refractivity contribution is 4.82.